The van der Waals surface area contributed by atoms with E-state index in [9.17, 15) is 0 Å². The van der Waals surface area contributed by atoms with Gasteiger partial charge in [0.05, 0.1) is 34.2 Å². The van der Waals surface area contributed by atoms with Crippen molar-refractivity contribution in [2.75, 3.05) is 0 Å². The molecule has 3 nitrogen and oxygen atoms in total. The van der Waals surface area contributed by atoms with Gasteiger partial charge in [-0.05, 0) is 88.8 Å². The van der Waals surface area contributed by atoms with Gasteiger partial charge in [-0.2, -0.15) is 0 Å². The van der Waals surface area contributed by atoms with E-state index in [1.54, 1.807) is 0 Å². The molecule has 0 aliphatic rings. The Morgan fingerprint density at radius 3 is 1.28 bits per heavy atom. The van der Waals surface area contributed by atoms with E-state index in [2.05, 4.69) is 97.9 Å². The van der Waals surface area contributed by atoms with Crippen LogP contribution in [-0.4, -0.2) is 16.4 Å². The largest absolute Gasteiger partial charge is 0.251 e. The molecule has 32 heavy (non-hydrogen) atoms. The Morgan fingerprint density at radius 2 is 0.969 bits per heavy atom. The van der Waals surface area contributed by atoms with Crippen LogP contribution in [0.3, 0.4) is 0 Å². The lowest BCUT2D eigenvalue weighted by Crippen LogP contribution is -2.09. The van der Waals surface area contributed by atoms with Crippen molar-refractivity contribution in [3.05, 3.63) is 87.2 Å². The highest BCUT2D eigenvalue weighted by Crippen LogP contribution is 2.28. The van der Waals surface area contributed by atoms with Crippen molar-refractivity contribution in [1.82, 2.24) is 4.98 Å². The predicted molar refractivity (Wildman–Crippen MR) is 139 cm³/mol. The second kappa shape index (κ2) is 10.0. The number of rotatable bonds is 6. The smallest absolute Gasteiger partial charge is 0.0852 e. The van der Waals surface area contributed by atoms with Gasteiger partial charge in [0.2, 0.25) is 0 Å². The lowest BCUT2D eigenvalue weighted by Gasteiger charge is -2.12. The fourth-order valence-electron chi connectivity index (χ4n) is 4.36. The average molecular weight is 426 g/mol. The zero-order valence-electron chi connectivity index (χ0n) is 20.8. The average Bonchev–Trinajstić information content (AvgIpc) is 2.73. The maximum absolute atomic E-state index is 5.05. The molecular formula is C29H35N3. The van der Waals surface area contributed by atoms with Crippen LogP contribution in [0.2, 0.25) is 0 Å². The number of hydrogen-bond acceptors (Lipinski definition) is 3. The molecule has 0 N–H and O–H groups in total. The molecule has 1 heterocycles. The SMILES string of the molecule is CCC(=Nc1c(C)cc(C)cc1C)c1cccc(C(CC)=Nc2c(C)cc(C)cc2C)n1. The minimum absolute atomic E-state index is 0.817. The van der Waals surface area contributed by atoms with Crippen LogP contribution in [0, 0.1) is 41.5 Å². The first-order chi connectivity index (χ1) is 15.2. The molecule has 0 fully saturated rings. The summed E-state index contributed by atoms with van der Waals surface area (Å²) >= 11 is 0. The van der Waals surface area contributed by atoms with Crippen molar-refractivity contribution in [2.24, 2.45) is 9.98 Å². The fraction of sp³-hybridized carbons (Fsp3) is 0.345. The molecule has 0 saturated carbocycles. The number of benzene rings is 2. The molecule has 0 atom stereocenters. The first-order valence-electron chi connectivity index (χ1n) is 11.5. The summed E-state index contributed by atoms with van der Waals surface area (Å²) in [5.41, 5.74) is 13.3. The van der Waals surface area contributed by atoms with Gasteiger partial charge in [0.25, 0.3) is 0 Å². The number of hydrogen-bond donors (Lipinski definition) is 0. The highest BCUT2D eigenvalue weighted by atomic mass is 14.8. The zero-order valence-corrected chi connectivity index (χ0v) is 20.8. The number of aryl methyl sites for hydroxylation is 6. The van der Waals surface area contributed by atoms with Crippen molar-refractivity contribution in [1.29, 1.82) is 0 Å². The van der Waals surface area contributed by atoms with Crippen molar-refractivity contribution < 1.29 is 0 Å². The van der Waals surface area contributed by atoms with Crippen molar-refractivity contribution in [3.63, 3.8) is 0 Å². The predicted octanol–water partition coefficient (Wildman–Crippen LogP) is 7.99. The molecule has 0 saturated heterocycles. The zero-order chi connectivity index (χ0) is 23.4. The van der Waals surface area contributed by atoms with E-state index in [1.807, 2.05) is 0 Å². The maximum Gasteiger partial charge on any atom is 0.0852 e. The van der Waals surface area contributed by atoms with Crippen LogP contribution in [-0.2, 0) is 0 Å². The summed E-state index contributed by atoms with van der Waals surface area (Å²) in [7, 11) is 0. The Balaban J connectivity index is 2.07. The summed E-state index contributed by atoms with van der Waals surface area (Å²) in [6.07, 6.45) is 1.63. The Bertz CT molecular complexity index is 1060. The maximum atomic E-state index is 5.05. The molecule has 0 spiro atoms. The molecule has 3 aromatic rings. The Kier molecular flexibility index (Phi) is 7.40. The topological polar surface area (TPSA) is 37.6 Å². The third-order valence-electron chi connectivity index (χ3n) is 5.77. The minimum atomic E-state index is 0.817. The number of pyridine rings is 1. The summed E-state index contributed by atoms with van der Waals surface area (Å²) < 4.78 is 0. The second-order valence-corrected chi connectivity index (χ2v) is 8.73. The van der Waals surface area contributed by atoms with Crippen LogP contribution in [0.15, 0.2) is 52.4 Å². The molecule has 0 aliphatic heterocycles. The van der Waals surface area contributed by atoms with Crippen LogP contribution in [0.5, 0.6) is 0 Å². The van der Waals surface area contributed by atoms with Gasteiger partial charge in [-0.15, -0.1) is 0 Å². The van der Waals surface area contributed by atoms with Gasteiger partial charge in [-0.25, -0.2) is 4.98 Å². The molecule has 3 heteroatoms. The standard InChI is InChI=1S/C29H35N3/c1-9-24(31-28-20(5)14-18(3)15-21(28)6)26-12-11-13-27(30-26)25(10-2)32-29-22(7)16-19(4)17-23(29)8/h11-17H,9-10H2,1-8H3. The molecule has 0 aliphatic carbocycles. The van der Waals surface area contributed by atoms with Gasteiger partial charge in [-0.1, -0.05) is 55.3 Å². The Morgan fingerprint density at radius 1 is 0.625 bits per heavy atom. The van der Waals surface area contributed by atoms with Gasteiger partial charge >= 0.3 is 0 Å². The monoisotopic (exact) mass is 425 g/mol. The summed E-state index contributed by atoms with van der Waals surface area (Å²) in [6, 6.07) is 14.9. The third kappa shape index (κ3) is 5.21. The van der Waals surface area contributed by atoms with E-state index in [4.69, 9.17) is 15.0 Å². The normalized spacial score (nSPS) is 12.4. The third-order valence-corrected chi connectivity index (χ3v) is 5.77. The Labute approximate surface area is 193 Å². The van der Waals surface area contributed by atoms with Crippen LogP contribution >= 0.6 is 0 Å². The van der Waals surface area contributed by atoms with Gasteiger partial charge in [0.1, 0.15) is 0 Å². The number of aromatic nitrogens is 1. The first-order valence-corrected chi connectivity index (χ1v) is 11.5. The molecule has 0 amide bonds. The highest BCUT2D eigenvalue weighted by Gasteiger charge is 2.12. The van der Waals surface area contributed by atoms with Crippen molar-refractivity contribution in [2.45, 2.75) is 68.2 Å². The van der Waals surface area contributed by atoms with Gasteiger partial charge < -0.3 is 0 Å². The van der Waals surface area contributed by atoms with Gasteiger partial charge in [-0.3, -0.25) is 9.98 Å². The van der Waals surface area contributed by atoms with E-state index in [1.165, 1.54) is 33.4 Å². The van der Waals surface area contributed by atoms with E-state index < -0.39 is 0 Å². The van der Waals surface area contributed by atoms with Crippen molar-refractivity contribution >= 4 is 22.8 Å². The summed E-state index contributed by atoms with van der Waals surface area (Å²) in [4.78, 5) is 15.1. The summed E-state index contributed by atoms with van der Waals surface area (Å²) in [5.74, 6) is 0. The molecule has 0 bridgehead atoms. The summed E-state index contributed by atoms with van der Waals surface area (Å²) in [5, 5.41) is 0. The Hall–Kier alpha value is -3.07. The molecule has 3 rings (SSSR count). The van der Waals surface area contributed by atoms with E-state index in [0.29, 0.717) is 0 Å². The molecule has 0 radical (unpaired) electrons. The first kappa shape index (κ1) is 23.6. The quantitative estimate of drug-likeness (QED) is 0.369. The van der Waals surface area contributed by atoms with Crippen molar-refractivity contribution in [3.8, 4) is 0 Å². The number of nitrogens with zero attached hydrogens (tertiary/aromatic N) is 3. The van der Waals surface area contributed by atoms with Crippen LogP contribution in [0.1, 0.15) is 71.5 Å². The summed E-state index contributed by atoms with van der Waals surface area (Å²) in [6.45, 7) is 17.0. The van der Waals surface area contributed by atoms with E-state index in [0.717, 1.165) is 47.0 Å². The van der Waals surface area contributed by atoms with Gasteiger partial charge in [0.15, 0.2) is 0 Å². The molecule has 166 valence electrons. The van der Waals surface area contributed by atoms with Crippen LogP contribution in [0.25, 0.3) is 0 Å². The number of aliphatic imine (C=N–C) groups is 2. The molecule has 0 unspecified atom stereocenters. The highest BCUT2D eigenvalue weighted by molar-refractivity contribution is 6.04. The minimum Gasteiger partial charge on any atom is -0.251 e. The molecule has 1 aromatic heterocycles. The molecular weight excluding hydrogens is 390 g/mol. The fourth-order valence-corrected chi connectivity index (χ4v) is 4.36. The van der Waals surface area contributed by atoms with Gasteiger partial charge in [0, 0.05) is 0 Å². The van der Waals surface area contributed by atoms with Crippen LogP contribution in [0.4, 0.5) is 11.4 Å². The van der Waals surface area contributed by atoms with E-state index in [-0.39, 0.29) is 0 Å². The van der Waals surface area contributed by atoms with E-state index >= 15 is 0 Å². The second-order valence-electron chi connectivity index (χ2n) is 8.73. The lowest BCUT2D eigenvalue weighted by molar-refractivity contribution is 1.15. The lowest BCUT2D eigenvalue weighted by atomic mass is 10.0. The molecule has 2 aromatic carbocycles. The van der Waals surface area contributed by atoms with Crippen LogP contribution < -0.4 is 0 Å².